The van der Waals surface area contributed by atoms with Gasteiger partial charge in [-0.05, 0) is 45.0 Å². The number of halogens is 2. The summed E-state index contributed by atoms with van der Waals surface area (Å²) in [5.74, 6) is -0.291. The van der Waals surface area contributed by atoms with Crippen LogP contribution in [0.25, 0.3) is 0 Å². The molecule has 0 saturated heterocycles. The molecule has 1 aromatic carbocycles. The van der Waals surface area contributed by atoms with Crippen LogP contribution in [-0.2, 0) is 14.1 Å². The maximum Gasteiger partial charge on any atom is 0.410 e. The van der Waals surface area contributed by atoms with Gasteiger partial charge in [0.05, 0.1) is 6.61 Å². The van der Waals surface area contributed by atoms with Crippen molar-refractivity contribution in [3.8, 4) is 5.75 Å². The molecular weight excluding hydrogens is 324 g/mol. The Kier molecular flexibility index (Phi) is 5.90. The van der Waals surface area contributed by atoms with E-state index >= 15 is 0 Å². The Balaban J connectivity index is 2.76. The second-order valence-electron chi connectivity index (χ2n) is 4.48. The first kappa shape index (κ1) is 17.3. The van der Waals surface area contributed by atoms with E-state index in [2.05, 4.69) is 5.09 Å². The molecule has 0 aromatic heterocycles. The van der Waals surface area contributed by atoms with E-state index in [-0.39, 0.29) is 12.4 Å². The second-order valence-corrected chi connectivity index (χ2v) is 7.62. The Bertz CT molecular complexity index is 519. The van der Waals surface area contributed by atoms with Crippen molar-refractivity contribution in [1.82, 2.24) is 5.09 Å². The van der Waals surface area contributed by atoms with Crippen molar-refractivity contribution in [3.05, 3.63) is 29.3 Å². The number of ether oxygens (including phenoxy) is 1. The fourth-order valence-corrected chi connectivity index (χ4v) is 3.54. The van der Waals surface area contributed by atoms with Crippen LogP contribution in [0.1, 0.15) is 20.8 Å². The lowest BCUT2D eigenvalue weighted by molar-refractivity contribution is -0.148. The van der Waals surface area contributed by atoms with Gasteiger partial charge in [0, 0.05) is 16.3 Å². The number of carbonyl (C=O) groups is 1. The van der Waals surface area contributed by atoms with E-state index in [0.29, 0.717) is 5.02 Å². The van der Waals surface area contributed by atoms with Crippen molar-refractivity contribution < 1.29 is 18.6 Å². The first-order chi connectivity index (χ1) is 9.16. The van der Waals surface area contributed by atoms with Gasteiger partial charge in [0.1, 0.15) is 11.3 Å². The average Bonchev–Trinajstić information content (AvgIpc) is 2.30. The van der Waals surface area contributed by atoms with Crippen LogP contribution < -0.4 is 9.61 Å². The number of benzene rings is 1. The zero-order valence-corrected chi connectivity index (χ0v) is 13.8. The Morgan fingerprint density at radius 1 is 1.35 bits per heavy atom. The van der Waals surface area contributed by atoms with Gasteiger partial charge in [-0.1, -0.05) is 11.6 Å². The molecule has 0 saturated carbocycles. The summed E-state index contributed by atoms with van der Waals surface area (Å²) in [5, 5.41) is 2.99. The molecule has 0 spiro atoms. The highest BCUT2D eigenvalue weighted by Gasteiger charge is 2.37. The van der Waals surface area contributed by atoms with Gasteiger partial charge < -0.3 is 9.26 Å². The molecule has 1 atom stereocenters. The van der Waals surface area contributed by atoms with Crippen LogP contribution in [0, 0.1) is 0 Å². The Morgan fingerprint density at radius 2 is 1.90 bits per heavy atom. The van der Waals surface area contributed by atoms with Gasteiger partial charge in [0.25, 0.3) is 0 Å². The van der Waals surface area contributed by atoms with Gasteiger partial charge in [-0.25, -0.2) is 9.65 Å². The lowest BCUT2D eigenvalue weighted by Crippen LogP contribution is -2.45. The van der Waals surface area contributed by atoms with Crippen molar-refractivity contribution in [3.63, 3.8) is 0 Å². The summed E-state index contributed by atoms with van der Waals surface area (Å²) in [5.41, 5.74) is -1.24. The third-order valence-electron chi connectivity index (χ3n) is 2.24. The summed E-state index contributed by atoms with van der Waals surface area (Å²) >= 11 is 11.6. The SMILES string of the molecule is CCOC(=O)C(C)(C)NP(=O)(Cl)Oc1ccc(Cl)cc1. The molecule has 0 amide bonds. The van der Waals surface area contributed by atoms with Gasteiger partial charge in [-0.15, -0.1) is 0 Å². The van der Waals surface area contributed by atoms with Crippen LogP contribution in [0.4, 0.5) is 0 Å². The van der Waals surface area contributed by atoms with Gasteiger partial charge in [0.2, 0.25) is 0 Å². The Morgan fingerprint density at radius 3 is 2.40 bits per heavy atom. The van der Waals surface area contributed by atoms with Crippen molar-refractivity contribution in [2.24, 2.45) is 0 Å². The molecular formula is C12H16Cl2NO4P. The quantitative estimate of drug-likeness (QED) is 0.626. The average molecular weight is 340 g/mol. The predicted molar refractivity (Wildman–Crippen MR) is 79.4 cm³/mol. The van der Waals surface area contributed by atoms with Crippen molar-refractivity contribution in [2.75, 3.05) is 6.61 Å². The topological polar surface area (TPSA) is 64.6 Å². The van der Waals surface area contributed by atoms with Gasteiger partial charge in [0.15, 0.2) is 0 Å². The third kappa shape index (κ3) is 5.33. The summed E-state index contributed by atoms with van der Waals surface area (Å²) in [6, 6.07) is 6.20. The zero-order chi connectivity index (χ0) is 15.4. The summed E-state index contributed by atoms with van der Waals surface area (Å²) in [6.07, 6.45) is 0. The van der Waals surface area contributed by atoms with Crippen molar-refractivity contribution in [2.45, 2.75) is 26.3 Å². The van der Waals surface area contributed by atoms with Crippen LogP contribution in [0.15, 0.2) is 24.3 Å². The lowest BCUT2D eigenvalue weighted by Gasteiger charge is -2.26. The molecule has 8 heteroatoms. The molecule has 20 heavy (non-hydrogen) atoms. The zero-order valence-electron chi connectivity index (χ0n) is 11.4. The molecule has 1 unspecified atom stereocenters. The lowest BCUT2D eigenvalue weighted by atomic mass is 10.1. The van der Waals surface area contributed by atoms with Crippen LogP contribution >= 0.6 is 29.7 Å². The monoisotopic (exact) mass is 339 g/mol. The highest BCUT2D eigenvalue weighted by Crippen LogP contribution is 2.50. The minimum absolute atomic E-state index is 0.217. The normalized spacial score (nSPS) is 14.4. The van der Waals surface area contributed by atoms with E-state index in [1.54, 1.807) is 19.1 Å². The summed E-state index contributed by atoms with van der Waals surface area (Å²) in [7, 11) is 0. The van der Waals surface area contributed by atoms with Crippen LogP contribution in [0.3, 0.4) is 0 Å². The number of rotatable bonds is 6. The molecule has 1 N–H and O–H groups in total. The standard InChI is InChI=1S/C12H16Cl2NO4P/c1-4-18-11(16)12(2,3)15-20(14,17)19-10-7-5-9(13)6-8-10/h5-8H,4H2,1-3H3,(H,15,17). The van der Waals surface area contributed by atoms with E-state index in [9.17, 15) is 9.36 Å². The fourth-order valence-electron chi connectivity index (χ4n) is 1.34. The highest BCUT2D eigenvalue weighted by molar-refractivity contribution is 7.84. The van der Waals surface area contributed by atoms with Crippen LogP contribution in [-0.4, -0.2) is 18.1 Å². The summed E-state index contributed by atoms with van der Waals surface area (Å²) in [4.78, 5) is 11.7. The summed E-state index contributed by atoms with van der Waals surface area (Å²) in [6.45, 7) is 1.16. The van der Waals surface area contributed by atoms with Gasteiger partial charge in [-0.2, -0.15) is 0 Å². The minimum atomic E-state index is -3.75. The molecule has 0 aliphatic heterocycles. The smallest absolute Gasteiger partial charge is 0.410 e. The molecule has 0 aliphatic rings. The molecule has 1 aromatic rings. The van der Waals surface area contributed by atoms with Crippen molar-refractivity contribution >= 4 is 35.7 Å². The summed E-state index contributed by atoms with van der Waals surface area (Å²) < 4.78 is 22.2. The van der Waals surface area contributed by atoms with Crippen LogP contribution in [0.2, 0.25) is 5.02 Å². The largest absolute Gasteiger partial charge is 0.465 e. The molecule has 0 bridgehead atoms. The number of hydrogen-bond acceptors (Lipinski definition) is 4. The molecule has 0 aliphatic carbocycles. The van der Waals surface area contributed by atoms with Gasteiger partial charge >= 0.3 is 12.8 Å². The Labute approximate surface area is 127 Å². The van der Waals surface area contributed by atoms with Crippen molar-refractivity contribution in [1.29, 1.82) is 0 Å². The Hall–Kier alpha value is -0.740. The molecule has 1 rings (SSSR count). The van der Waals surface area contributed by atoms with E-state index < -0.39 is 18.4 Å². The number of esters is 1. The number of carbonyl (C=O) groups excluding carboxylic acids is 1. The van der Waals surface area contributed by atoms with Crippen LogP contribution in [0.5, 0.6) is 5.75 Å². The molecule has 112 valence electrons. The minimum Gasteiger partial charge on any atom is -0.465 e. The predicted octanol–water partition coefficient (Wildman–Crippen LogP) is 4.00. The van der Waals surface area contributed by atoms with E-state index in [0.717, 1.165) is 0 Å². The number of hydrogen-bond donors (Lipinski definition) is 1. The van der Waals surface area contributed by atoms with E-state index in [1.165, 1.54) is 26.0 Å². The molecule has 0 heterocycles. The molecule has 0 radical (unpaired) electrons. The van der Waals surface area contributed by atoms with E-state index in [1.807, 2.05) is 0 Å². The highest BCUT2D eigenvalue weighted by atomic mass is 35.7. The fraction of sp³-hybridized carbons (Fsp3) is 0.417. The number of nitrogens with one attached hydrogen (secondary N) is 1. The molecule has 0 fully saturated rings. The van der Waals surface area contributed by atoms with Gasteiger partial charge in [-0.3, -0.25) is 4.79 Å². The first-order valence-electron chi connectivity index (χ1n) is 5.88. The maximum atomic E-state index is 12.2. The van der Waals surface area contributed by atoms with E-state index in [4.69, 9.17) is 32.1 Å². The maximum absolute atomic E-state index is 12.2. The first-order valence-corrected chi connectivity index (χ1v) is 8.78. The second kappa shape index (κ2) is 6.81. The molecule has 5 nitrogen and oxygen atoms in total. The third-order valence-corrected chi connectivity index (χ3v) is 4.22.